The van der Waals surface area contributed by atoms with Crippen LogP contribution in [0.5, 0.6) is 5.75 Å². The molecule has 0 unspecified atom stereocenters. The van der Waals surface area contributed by atoms with Gasteiger partial charge in [0, 0.05) is 0 Å². The number of terminal acetylenes is 1. The summed E-state index contributed by atoms with van der Waals surface area (Å²) >= 11 is 0. The second-order valence-corrected chi connectivity index (χ2v) is 5.65. The van der Waals surface area contributed by atoms with E-state index >= 15 is 0 Å². The van der Waals surface area contributed by atoms with Crippen LogP contribution in [0.25, 0.3) is 6.08 Å². The SMILES string of the molecule is C#C/C=C\C=C/C/C=C(C)/C=C/c1ccc(OCCCC)cc1.C=CC. The molecule has 1 aromatic rings. The molecule has 0 spiro atoms. The standard InChI is InChI=1S/C22H26O.C3H6/c1-4-6-8-9-10-11-12-20(3)13-14-21-15-17-22(18-16-21)23-19-7-5-2;1-3-2/h1,6,8-10,12-18H,5,7,11,19H2,2-3H3;3H,1H2,2H3/b8-6-,10-9-,14-13+,20-12+;. The number of allylic oxidation sites excluding steroid dienone is 8. The maximum absolute atomic E-state index is 5.66. The molecule has 0 aliphatic carbocycles. The minimum Gasteiger partial charge on any atom is -0.494 e. The first-order chi connectivity index (χ1) is 12.7. The molecule has 0 radical (unpaired) electrons. The van der Waals surface area contributed by atoms with Crippen molar-refractivity contribution in [3.05, 3.63) is 84.5 Å². The van der Waals surface area contributed by atoms with Crippen molar-refractivity contribution in [3.8, 4) is 18.1 Å². The van der Waals surface area contributed by atoms with Crippen LogP contribution < -0.4 is 4.74 Å². The van der Waals surface area contributed by atoms with Crippen molar-refractivity contribution in [1.29, 1.82) is 0 Å². The molecule has 0 N–H and O–H groups in total. The number of hydrogen-bond acceptors (Lipinski definition) is 1. The Balaban J connectivity index is 0.00000194. The zero-order valence-electron chi connectivity index (χ0n) is 16.4. The van der Waals surface area contributed by atoms with Crippen LogP contribution in [0.3, 0.4) is 0 Å². The second kappa shape index (κ2) is 17.1. The van der Waals surface area contributed by atoms with Crippen LogP contribution >= 0.6 is 0 Å². The molecule has 1 rings (SSSR count). The predicted molar refractivity (Wildman–Crippen MR) is 117 cm³/mol. The van der Waals surface area contributed by atoms with Crippen molar-refractivity contribution < 1.29 is 4.74 Å². The maximum atomic E-state index is 5.66. The molecule has 0 saturated heterocycles. The Labute approximate surface area is 160 Å². The van der Waals surface area contributed by atoms with Gasteiger partial charge >= 0.3 is 0 Å². The van der Waals surface area contributed by atoms with Crippen LogP contribution in [0, 0.1) is 12.3 Å². The molecular weight excluding hydrogens is 316 g/mol. The van der Waals surface area contributed by atoms with E-state index in [0.717, 1.165) is 31.6 Å². The van der Waals surface area contributed by atoms with Crippen LogP contribution in [-0.4, -0.2) is 6.61 Å². The molecule has 0 heterocycles. The van der Waals surface area contributed by atoms with Gasteiger partial charge in [0.15, 0.2) is 0 Å². The molecule has 0 atom stereocenters. The Kier molecular flexibility index (Phi) is 15.3. The summed E-state index contributed by atoms with van der Waals surface area (Å²) in [6, 6.07) is 8.20. The first-order valence-corrected chi connectivity index (χ1v) is 9.10. The van der Waals surface area contributed by atoms with Gasteiger partial charge in [0.2, 0.25) is 0 Å². The van der Waals surface area contributed by atoms with E-state index in [1.165, 1.54) is 11.1 Å². The van der Waals surface area contributed by atoms with Crippen LogP contribution in [0.15, 0.2) is 78.9 Å². The van der Waals surface area contributed by atoms with E-state index < -0.39 is 0 Å². The van der Waals surface area contributed by atoms with Gasteiger partial charge in [-0.15, -0.1) is 13.0 Å². The molecule has 0 aromatic heterocycles. The van der Waals surface area contributed by atoms with E-state index in [9.17, 15) is 0 Å². The van der Waals surface area contributed by atoms with Crippen LogP contribution in [-0.2, 0) is 0 Å². The van der Waals surface area contributed by atoms with Crippen molar-refractivity contribution in [3.63, 3.8) is 0 Å². The van der Waals surface area contributed by atoms with Crippen molar-refractivity contribution in [2.75, 3.05) is 6.61 Å². The van der Waals surface area contributed by atoms with E-state index in [-0.39, 0.29) is 0 Å². The third-order valence-corrected chi connectivity index (χ3v) is 3.20. The van der Waals surface area contributed by atoms with E-state index in [4.69, 9.17) is 11.2 Å². The van der Waals surface area contributed by atoms with Gasteiger partial charge in [-0.2, -0.15) is 0 Å². The van der Waals surface area contributed by atoms with Crippen LogP contribution in [0.1, 0.15) is 45.6 Å². The molecule has 0 aliphatic rings. The lowest BCUT2D eigenvalue weighted by Crippen LogP contribution is -1.95. The Morgan fingerprint density at radius 2 is 1.92 bits per heavy atom. The number of rotatable bonds is 9. The molecule has 26 heavy (non-hydrogen) atoms. The van der Waals surface area contributed by atoms with E-state index in [1.807, 2.05) is 31.2 Å². The third-order valence-electron chi connectivity index (χ3n) is 3.20. The zero-order valence-corrected chi connectivity index (χ0v) is 16.4. The summed E-state index contributed by atoms with van der Waals surface area (Å²) in [4.78, 5) is 0. The van der Waals surface area contributed by atoms with Gasteiger partial charge in [0.05, 0.1) is 6.61 Å². The summed E-state index contributed by atoms with van der Waals surface area (Å²) in [5.41, 5.74) is 2.41. The molecule has 0 amide bonds. The van der Waals surface area contributed by atoms with Crippen molar-refractivity contribution in [1.82, 2.24) is 0 Å². The third kappa shape index (κ3) is 13.7. The van der Waals surface area contributed by atoms with Gasteiger partial charge in [-0.25, -0.2) is 0 Å². The molecule has 0 aliphatic heterocycles. The first kappa shape index (κ1) is 23.3. The Hall–Kier alpha value is -2.72. The molecule has 0 saturated carbocycles. The average Bonchev–Trinajstić information content (AvgIpc) is 2.65. The Morgan fingerprint density at radius 1 is 1.23 bits per heavy atom. The largest absolute Gasteiger partial charge is 0.494 e. The highest BCUT2D eigenvalue weighted by atomic mass is 16.5. The minimum absolute atomic E-state index is 0.789. The van der Waals surface area contributed by atoms with Gasteiger partial charge in [-0.05, 0) is 50.5 Å². The van der Waals surface area contributed by atoms with Crippen molar-refractivity contribution in [2.24, 2.45) is 0 Å². The van der Waals surface area contributed by atoms with Gasteiger partial charge in [-0.3, -0.25) is 0 Å². The smallest absolute Gasteiger partial charge is 0.119 e. The summed E-state index contributed by atoms with van der Waals surface area (Å²) in [7, 11) is 0. The monoisotopic (exact) mass is 348 g/mol. The lowest BCUT2D eigenvalue weighted by molar-refractivity contribution is 0.309. The predicted octanol–water partition coefficient (Wildman–Crippen LogP) is 7.15. The average molecular weight is 349 g/mol. The molecule has 0 fully saturated rings. The normalized spacial score (nSPS) is 11.4. The van der Waals surface area contributed by atoms with E-state index in [1.54, 1.807) is 12.2 Å². The summed E-state index contributed by atoms with van der Waals surface area (Å²) in [6.07, 6.45) is 24.0. The van der Waals surface area contributed by atoms with Gasteiger partial charge in [-0.1, -0.05) is 79.5 Å². The fourth-order valence-corrected chi connectivity index (χ4v) is 1.83. The lowest BCUT2D eigenvalue weighted by Gasteiger charge is -2.05. The topological polar surface area (TPSA) is 9.23 Å². The van der Waals surface area contributed by atoms with Gasteiger partial charge in [0.25, 0.3) is 0 Å². The number of ether oxygens (including phenoxy) is 1. The summed E-state index contributed by atoms with van der Waals surface area (Å²) in [6.45, 7) is 10.3. The van der Waals surface area contributed by atoms with Crippen LogP contribution in [0.2, 0.25) is 0 Å². The summed E-state index contributed by atoms with van der Waals surface area (Å²) in [5, 5.41) is 0. The zero-order chi connectivity index (χ0) is 19.5. The van der Waals surface area contributed by atoms with E-state index in [2.05, 4.69) is 62.8 Å². The fourth-order valence-electron chi connectivity index (χ4n) is 1.83. The quantitative estimate of drug-likeness (QED) is 0.199. The Morgan fingerprint density at radius 3 is 2.54 bits per heavy atom. The number of benzene rings is 1. The number of unbranched alkanes of at least 4 members (excludes halogenated alkanes) is 1. The second-order valence-electron chi connectivity index (χ2n) is 5.65. The first-order valence-electron chi connectivity index (χ1n) is 9.10. The molecule has 138 valence electrons. The van der Waals surface area contributed by atoms with Gasteiger partial charge < -0.3 is 4.74 Å². The van der Waals surface area contributed by atoms with Crippen molar-refractivity contribution in [2.45, 2.75) is 40.0 Å². The van der Waals surface area contributed by atoms with E-state index in [0.29, 0.717) is 0 Å². The highest BCUT2D eigenvalue weighted by Gasteiger charge is 1.93. The highest BCUT2D eigenvalue weighted by molar-refractivity contribution is 5.53. The highest BCUT2D eigenvalue weighted by Crippen LogP contribution is 2.14. The molecule has 1 aromatic carbocycles. The van der Waals surface area contributed by atoms with Crippen molar-refractivity contribution >= 4 is 6.08 Å². The number of hydrogen-bond donors (Lipinski definition) is 0. The summed E-state index contributed by atoms with van der Waals surface area (Å²) in [5.74, 6) is 3.39. The molecular formula is C25H32O. The minimum atomic E-state index is 0.789. The molecule has 1 nitrogen and oxygen atoms in total. The fraction of sp³-hybridized carbons (Fsp3) is 0.280. The molecule has 1 heteroatoms. The summed E-state index contributed by atoms with van der Waals surface area (Å²) < 4.78 is 5.66. The Bertz CT molecular complexity index is 634. The lowest BCUT2D eigenvalue weighted by atomic mass is 10.1. The maximum Gasteiger partial charge on any atom is 0.119 e. The van der Waals surface area contributed by atoms with Crippen LogP contribution in [0.4, 0.5) is 0 Å². The van der Waals surface area contributed by atoms with Gasteiger partial charge in [0.1, 0.15) is 5.75 Å². The molecule has 0 bridgehead atoms.